The van der Waals surface area contributed by atoms with Gasteiger partial charge in [0.15, 0.2) is 0 Å². The molecule has 1 N–H and O–H groups in total. The molecule has 0 radical (unpaired) electrons. The summed E-state index contributed by atoms with van der Waals surface area (Å²) in [5.41, 5.74) is 1.22. The van der Waals surface area contributed by atoms with Gasteiger partial charge in [-0.15, -0.1) is 0 Å². The molecule has 1 aliphatic rings. The average molecular weight is 220 g/mol. The van der Waals surface area contributed by atoms with Crippen molar-refractivity contribution in [2.24, 2.45) is 0 Å². The molecule has 2 rings (SSSR count). The van der Waals surface area contributed by atoms with E-state index in [0.717, 1.165) is 32.0 Å². The lowest BCUT2D eigenvalue weighted by molar-refractivity contribution is 0.338. The summed E-state index contributed by atoms with van der Waals surface area (Å²) in [6, 6.07) is 8.82. The third-order valence-corrected chi connectivity index (χ3v) is 2.98. The highest BCUT2D eigenvalue weighted by Crippen LogP contribution is 2.29. The monoisotopic (exact) mass is 220 g/mol. The molecule has 88 valence electrons. The number of piperazine rings is 1. The molecule has 1 heterocycles. The van der Waals surface area contributed by atoms with E-state index >= 15 is 0 Å². The molecule has 0 aromatic heterocycles. The van der Waals surface area contributed by atoms with Gasteiger partial charge in [0.25, 0.3) is 0 Å². The minimum atomic E-state index is 0.523. The van der Waals surface area contributed by atoms with Gasteiger partial charge in [-0.05, 0) is 26.0 Å². The van der Waals surface area contributed by atoms with Gasteiger partial charge in [-0.3, -0.25) is 0 Å². The lowest BCUT2D eigenvalue weighted by atomic mass is 10.1. The molecule has 1 fully saturated rings. The molecule has 3 heteroatoms. The van der Waals surface area contributed by atoms with E-state index in [9.17, 15) is 0 Å². The smallest absolute Gasteiger partial charge is 0.142 e. The Bertz CT molecular complexity index is 340. The number of anilines is 1. The molecule has 3 nitrogen and oxygen atoms in total. The van der Waals surface area contributed by atoms with Crippen molar-refractivity contribution in [2.75, 3.05) is 31.1 Å². The zero-order valence-corrected chi connectivity index (χ0v) is 10.1. The largest absolute Gasteiger partial charge is 0.492 e. The minimum Gasteiger partial charge on any atom is -0.492 e. The Hall–Kier alpha value is -1.22. The average Bonchev–Trinajstić information content (AvgIpc) is 2.31. The molecule has 1 aromatic carbocycles. The maximum Gasteiger partial charge on any atom is 0.142 e. The maximum absolute atomic E-state index is 5.68. The first-order valence-corrected chi connectivity index (χ1v) is 6.02. The number of ether oxygens (including phenoxy) is 1. The van der Waals surface area contributed by atoms with Gasteiger partial charge >= 0.3 is 0 Å². The Morgan fingerprint density at radius 1 is 1.44 bits per heavy atom. The van der Waals surface area contributed by atoms with Gasteiger partial charge in [0.2, 0.25) is 0 Å². The summed E-state index contributed by atoms with van der Waals surface area (Å²) in [6.07, 6.45) is 0. The molecular weight excluding hydrogens is 200 g/mol. The lowest BCUT2D eigenvalue weighted by Gasteiger charge is -2.36. The van der Waals surface area contributed by atoms with Gasteiger partial charge in [-0.1, -0.05) is 12.1 Å². The van der Waals surface area contributed by atoms with Crippen LogP contribution < -0.4 is 15.0 Å². The highest BCUT2D eigenvalue weighted by atomic mass is 16.5. The Morgan fingerprint density at radius 3 is 3.00 bits per heavy atom. The third-order valence-electron chi connectivity index (χ3n) is 2.98. The van der Waals surface area contributed by atoms with E-state index in [1.165, 1.54) is 5.69 Å². The minimum absolute atomic E-state index is 0.523. The summed E-state index contributed by atoms with van der Waals surface area (Å²) in [4.78, 5) is 2.42. The van der Waals surface area contributed by atoms with Crippen LogP contribution in [-0.4, -0.2) is 32.3 Å². The van der Waals surface area contributed by atoms with E-state index < -0.39 is 0 Å². The zero-order chi connectivity index (χ0) is 11.4. The highest BCUT2D eigenvalue weighted by Gasteiger charge is 2.20. The molecule has 1 aromatic rings. The Balaban J connectivity index is 2.23. The molecule has 0 spiro atoms. The van der Waals surface area contributed by atoms with Crippen molar-refractivity contribution < 1.29 is 4.74 Å². The van der Waals surface area contributed by atoms with Gasteiger partial charge in [0.05, 0.1) is 12.3 Å². The molecular formula is C13H20N2O. The first-order valence-electron chi connectivity index (χ1n) is 6.02. The summed E-state index contributed by atoms with van der Waals surface area (Å²) in [7, 11) is 0. The Labute approximate surface area is 97.4 Å². The van der Waals surface area contributed by atoms with Crippen molar-refractivity contribution in [3.8, 4) is 5.75 Å². The van der Waals surface area contributed by atoms with E-state index in [0.29, 0.717) is 6.04 Å². The van der Waals surface area contributed by atoms with Crippen molar-refractivity contribution in [2.45, 2.75) is 19.9 Å². The van der Waals surface area contributed by atoms with Crippen LogP contribution >= 0.6 is 0 Å². The fourth-order valence-corrected chi connectivity index (χ4v) is 2.17. The fourth-order valence-electron chi connectivity index (χ4n) is 2.17. The van der Waals surface area contributed by atoms with Gasteiger partial charge in [0.1, 0.15) is 5.75 Å². The maximum atomic E-state index is 5.68. The molecule has 0 saturated carbocycles. The normalized spacial score (nSPS) is 20.9. The number of rotatable bonds is 3. The first kappa shape index (κ1) is 11.3. The van der Waals surface area contributed by atoms with Crippen LogP contribution in [0.3, 0.4) is 0 Å². The molecule has 0 unspecified atom stereocenters. The molecule has 0 amide bonds. The van der Waals surface area contributed by atoms with E-state index in [1.54, 1.807) is 0 Å². The number of hydrogen-bond donors (Lipinski definition) is 1. The molecule has 1 aliphatic heterocycles. The van der Waals surface area contributed by atoms with Crippen molar-refractivity contribution in [3.63, 3.8) is 0 Å². The van der Waals surface area contributed by atoms with E-state index in [-0.39, 0.29) is 0 Å². The second-order valence-electron chi connectivity index (χ2n) is 4.15. The number of para-hydroxylation sites is 2. The summed E-state index contributed by atoms with van der Waals surface area (Å²) in [6.45, 7) is 8.13. The van der Waals surface area contributed by atoms with E-state index in [1.807, 2.05) is 19.1 Å². The summed E-state index contributed by atoms with van der Waals surface area (Å²) in [5.74, 6) is 0.999. The summed E-state index contributed by atoms with van der Waals surface area (Å²) in [5, 5.41) is 3.40. The predicted octanol–water partition coefficient (Wildman–Crippen LogP) is 1.88. The van der Waals surface area contributed by atoms with Crippen molar-refractivity contribution in [1.82, 2.24) is 5.32 Å². The predicted molar refractivity (Wildman–Crippen MR) is 67.3 cm³/mol. The van der Waals surface area contributed by atoms with Crippen LogP contribution in [-0.2, 0) is 0 Å². The number of nitrogens with one attached hydrogen (secondary N) is 1. The Kier molecular flexibility index (Phi) is 3.67. The van der Waals surface area contributed by atoms with Crippen molar-refractivity contribution in [3.05, 3.63) is 24.3 Å². The lowest BCUT2D eigenvalue weighted by Crippen LogP contribution is -2.50. The number of benzene rings is 1. The molecule has 0 aliphatic carbocycles. The van der Waals surface area contributed by atoms with Gasteiger partial charge in [-0.25, -0.2) is 0 Å². The van der Waals surface area contributed by atoms with Crippen molar-refractivity contribution >= 4 is 5.69 Å². The van der Waals surface area contributed by atoms with Gasteiger partial charge < -0.3 is 15.0 Å². The topological polar surface area (TPSA) is 24.5 Å². The van der Waals surface area contributed by atoms with E-state index in [4.69, 9.17) is 4.74 Å². The van der Waals surface area contributed by atoms with Crippen LogP contribution in [0.25, 0.3) is 0 Å². The zero-order valence-electron chi connectivity index (χ0n) is 10.1. The van der Waals surface area contributed by atoms with Crippen LogP contribution in [0.15, 0.2) is 24.3 Å². The first-order chi connectivity index (χ1) is 7.83. The molecule has 1 atom stereocenters. The van der Waals surface area contributed by atoms with Crippen LogP contribution in [0, 0.1) is 0 Å². The summed E-state index contributed by atoms with van der Waals surface area (Å²) < 4.78 is 5.68. The number of hydrogen-bond acceptors (Lipinski definition) is 3. The van der Waals surface area contributed by atoms with Gasteiger partial charge in [0, 0.05) is 25.7 Å². The molecule has 0 bridgehead atoms. The Morgan fingerprint density at radius 2 is 2.25 bits per heavy atom. The van der Waals surface area contributed by atoms with Gasteiger partial charge in [-0.2, -0.15) is 0 Å². The van der Waals surface area contributed by atoms with Crippen LogP contribution in [0.1, 0.15) is 13.8 Å². The van der Waals surface area contributed by atoms with Crippen LogP contribution in [0.4, 0.5) is 5.69 Å². The second-order valence-corrected chi connectivity index (χ2v) is 4.15. The quantitative estimate of drug-likeness (QED) is 0.842. The number of nitrogens with zero attached hydrogens (tertiary/aromatic N) is 1. The SMILES string of the molecule is CCOc1ccccc1N1CCNC[C@H]1C. The van der Waals surface area contributed by atoms with Crippen LogP contribution in [0.5, 0.6) is 5.75 Å². The summed E-state index contributed by atoms with van der Waals surface area (Å²) >= 11 is 0. The second kappa shape index (κ2) is 5.21. The highest BCUT2D eigenvalue weighted by molar-refractivity contribution is 5.59. The standard InChI is InChI=1S/C13H20N2O/c1-3-16-13-7-5-4-6-12(13)15-9-8-14-10-11(15)2/h4-7,11,14H,3,8-10H2,1-2H3/t11-/m1/s1. The van der Waals surface area contributed by atoms with Crippen molar-refractivity contribution in [1.29, 1.82) is 0 Å². The van der Waals surface area contributed by atoms with E-state index in [2.05, 4.69) is 29.3 Å². The molecule has 16 heavy (non-hydrogen) atoms. The molecule has 1 saturated heterocycles. The fraction of sp³-hybridized carbons (Fsp3) is 0.538. The van der Waals surface area contributed by atoms with Crippen LogP contribution in [0.2, 0.25) is 0 Å². The third kappa shape index (κ3) is 2.30.